The predicted molar refractivity (Wildman–Crippen MR) is 99.4 cm³/mol. The molecule has 0 unspecified atom stereocenters. The first-order valence-corrected chi connectivity index (χ1v) is 9.67. The number of amides is 1. The van der Waals surface area contributed by atoms with Crippen molar-refractivity contribution in [2.45, 2.75) is 31.3 Å². The van der Waals surface area contributed by atoms with Crippen LogP contribution in [-0.2, 0) is 11.2 Å². The number of hydrogen-bond donors (Lipinski definition) is 1. The standard InChI is InChI=1S/C22H22N2O3/c25-17-13-22(27-18-7-2-1-6-15(17)18)10-8-16-19(20(16)22)21(26)24-12-9-14-5-3-4-11-23-14/h1-7,11,16,19-20H,8-10,12-13H2,(H,24,26)/t16-,19-,20+,22+/m1/s1. The Kier molecular flexibility index (Phi) is 3.78. The Balaban J connectivity index is 1.25. The topological polar surface area (TPSA) is 68.3 Å². The summed E-state index contributed by atoms with van der Waals surface area (Å²) < 4.78 is 6.35. The number of pyridine rings is 1. The van der Waals surface area contributed by atoms with Gasteiger partial charge in [0.1, 0.15) is 11.4 Å². The summed E-state index contributed by atoms with van der Waals surface area (Å²) in [7, 11) is 0. The van der Waals surface area contributed by atoms with Gasteiger partial charge in [-0.3, -0.25) is 14.6 Å². The van der Waals surface area contributed by atoms with Crippen molar-refractivity contribution in [3.05, 3.63) is 59.9 Å². The molecule has 2 aromatic rings. The molecule has 27 heavy (non-hydrogen) atoms. The van der Waals surface area contributed by atoms with Crippen molar-refractivity contribution in [2.24, 2.45) is 17.8 Å². The van der Waals surface area contributed by atoms with Crippen LogP contribution in [0.4, 0.5) is 0 Å². The van der Waals surface area contributed by atoms with Crippen molar-refractivity contribution >= 4 is 11.7 Å². The number of nitrogens with one attached hydrogen (secondary N) is 1. The minimum atomic E-state index is -0.487. The van der Waals surface area contributed by atoms with E-state index in [2.05, 4.69) is 10.3 Å². The molecule has 2 fully saturated rings. The molecule has 2 aliphatic carbocycles. The summed E-state index contributed by atoms with van der Waals surface area (Å²) in [5.41, 5.74) is 1.16. The van der Waals surface area contributed by atoms with Gasteiger partial charge in [-0.1, -0.05) is 18.2 Å². The van der Waals surface area contributed by atoms with E-state index in [0.29, 0.717) is 30.2 Å². The maximum Gasteiger partial charge on any atom is 0.223 e. The highest BCUT2D eigenvalue weighted by molar-refractivity contribution is 6.00. The van der Waals surface area contributed by atoms with Gasteiger partial charge < -0.3 is 10.1 Å². The fraction of sp³-hybridized carbons (Fsp3) is 0.409. The van der Waals surface area contributed by atoms with Crippen LogP contribution in [0.15, 0.2) is 48.7 Å². The van der Waals surface area contributed by atoms with Gasteiger partial charge in [-0.15, -0.1) is 0 Å². The Bertz CT molecular complexity index is 897. The molecule has 2 saturated carbocycles. The van der Waals surface area contributed by atoms with Gasteiger partial charge in [0.25, 0.3) is 0 Å². The first-order valence-electron chi connectivity index (χ1n) is 9.67. The normalized spacial score (nSPS) is 30.4. The van der Waals surface area contributed by atoms with Crippen LogP contribution in [0.1, 0.15) is 35.3 Å². The van der Waals surface area contributed by atoms with Crippen molar-refractivity contribution in [1.29, 1.82) is 0 Å². The maximum absolute atomic E-state index is 12.7. The second kappa shape index (κ2) is 6.19. The lowest BCUT2D eigenvalue weighted by Crippen LogP contribution is -2.44. The van der Waals surface area contributed by atoms with Crippen molar-refractivity contribution in [1.82, 2.24) is 10.3 Å². The highest BCUT2D eigenvalue weighted by Crippen LogP contribution is 2.65. The Morgan fingerprint density at radius 2 is 2.07 bits per heavy atom. The molecule has 3 aliphatic rings. The average molecular weight is 362 g/mol. The molecule has 0 radical (unpaired) electrons. The largest absolute Gasteiger partial charge is 0.486 e. The van der Waals surface area contributed by atoms with Crippen LogP contribution in [0.3, 0.4) is 0 Å². The molecule has 4 atom stereocenters. The zero-order valence-electron chi connectivity index (χ0n) is 15.1. The zero-order chi connectivity index (χ0) is 18.4. The van der Waals surface area contributed by atoms with E-state index in [4.69, 9.17) is 4.74 Å². The summed E-state index contributed by atoms with van der Waals surface area (Å²) in [5, 5.41) is 3.05. The molecule has 0 bridgehead atoms. The van der Waals surface area contributed by atoms with Crippen LogP contribution < -0.4 is 10.1 Å². The number of nitrogens with zero attached hydrogens (tertiary/aromatic N) is 1. The molecule has 1 amide bonds. The smallest absolute Gasteiger partial charge is 0.223 e. The third kappa shape index (κ3) is 2.73. The minimum Gasteiger partial charge on any atom is -0.486 e. The number of para-hydroxylation sites is 1. The SMILES string of the molecule is O=C1C[C@]2(CC[C@@H]3[C@@H](C(=O)NCCc4ccccn4)[C@H]32)Oc2ccccc21. The molecule has 1 aromatic heterocycles. The predicted octanol–water partition coefficient (Wildman–Crippen LogP) is 2.80. The second-order valence-electron chi connectivity index (χ2n) is 7.88. The van der Waals surface area contributed by atoms with E-state index in [1.807, 2.05) is 42.5 Å². The fourth-order valence-electron chi connectivity index (χ4n) is 5.10. The van der Waals surface area contributed by atoms with Crippen LogP contribution in [0.5, 0.6) is 5.75 Å². The second-order valence-corrected chi connectivity index (χ2v) is 7.88. The number of hydrogen-bond acceptors (Lipinski definition) is 4. The Hall–Kier alpha value is -2.69. The molecular formula is C22H22N2O3. The molecular weight excluding hydrogens is 340 g/mol. The monoisotopic (exact) mass is 362 g/mol. The molecule has 1 N–H and O–H groups in total. The van der Waals surface area contributed by atoms with Crippen LogP contribution >= 0.6 is 0 Å². The summed E-state index contributed by atoms with van der Waals surface area (Å²) in [6.45, 7) is 0.585. The first-order chi connectivity index (χ1) is 13.2. The molecule has 1 spiro atoms. The fourth-order valence-corrected chi connectivity index (χ4v) is 5.10. The van der Waals surface area contributed by atoms with Gasteiger partial charge in [-0.2, -0.15) is 0 Å². The summed E-state index contributed by atoms with van der Waals surface area (Å²) >= 11 is 0. The number of rotatable bonds is 4. The van der Waals surface area contributed by atoms with Gasteiger partial charge in [0.05, 0.1) is 12.0 Å². The van der Waals surface area contributed by atoms with E-state index in [1.165, 1.54) is 0 Å². The maximum atomic E-state index is 12.7. The minimum absolute atomic E-state index is 0.0273. The van der Waals surface area contributed by atoms with E-state index in [-0.39, 0.29) is 23.5 Å². The number of Topliss-reactive ketones (excluding diaryl/α,β-unsaturated/α-hetero) is 1. The van der Waals surface area contributed by atoms with Crippen LogP contribution in [0.2, 0.25) is 0 Å². The summed E-state index contributed by atoms with van der Waals surface area (Å²) in [4.78, 5) is 29.6. The quantitative estimate of drug-likeness (QED) is 0.908. The Labute approximate surface area is 158 Å². The number of fused-ring (bicyclic) bond motifs is 3. The van der Waals surface area contributed by atoms with Crippen molar-refractivity contribution in [3.8, 4) is 5.75 Å². The van der Waals surface area contributed by atoms with Crippen molar-refractivity contribution in [2.75, 3.05) is 6.54 Å². The lowest BCUT2D eigenvalue weighted by molar-refractivity contribution is -0.124. The van der Waals surface area contributed by atoms with Gasteiger partial charge in [0, 0.05) is 36.7 Å². The highest BCUT2D eigenvalue weighted by Gasteiger charge is 2.70. The van der Waals surface area contributed by atoms with E-state index in [1.54, 1.807) is 6.20 Å². The van der Waals surface area contributed by atoms with Gasteiger partial charge in [-0.05, 0) is 43.0 Å². The average Bonchev–Trinajstić information content (AvgIpc) is 3.34. The van der Waals surface area contributed by atoms with E-state index in [0.717, 1.165) is 25.0 Å². The number of carbonyl (C=O) groups excluding carboxylic acids is 2. The van der Waals surface area contributed by atoms with Gasteiger partial charge in [0.2, 0.25) is 5.91 Å². The van der Waals surface area contributed by atoms with Crippen LogP contribution in [0, 0.1) is 17.8 Å². The Morgan fingerprint density at radius 3 is 2.93 bits per heavy atom. The first kappa shape index (κ1) is 16.5. The van der Waals surface area contributed by atoms with E-state index in [9.17, 15) is 9.59 Å². The molecule has 2 heterocycles. The third-order valence-corrected chi connectivity index (χ3v) is 6.35. The number of ether oxygens (including phenoxy) is 1. The molecule has 5 heteroatoms. The molecule has 0 saturated heterocycles. The summed E-state index contributed by atoms with van der Waals surface area (Å²) in [5.74, 6) is 1.38. The van der Waals surface area contributed by atoms with Crippen molar-refractivity contribution < 1.29 is 14.3 Å². The van der Waals surface area contributed by atoms with Gasteiger partial charge in [-0.25, -0.2) is 0 Å². The van der Waals surface area contributed by atoms with E-state index < -0.39 is 5.60 Å². The van der Waals surface area contributed by atoms with E-state index >= 15 is 0 Å². The third-order valence-electron chi connectivity index (χ3n) is 6.35. The molecule has 5 rings (SSSR count). The number of carbonyl (C=O) groups is 2. The number of ketones is 1. The molecule has 1 aliphatic heterocycles. The molecule has 5 nitrogen and oxygen atoms in total. The highest BCUT2D eigenvalue weighted by atomic mass is 16.5. The van der Waals surface area contributed by atoms with Crippen LogP contribution in [-0.4, -0.2) is 28.8 Å². The number of aromatic nitrogens is 1. The van der Waals surface area contributed by atoms with Crippen molar-refractivity contribution in [3.63, 3.8) is 0 Å². The van der Waals surface area contributed by atoms with Gasteiger partial charge >= 0.3 is 0 Å². The lowest BCUT2D eigenvalue weighted by Gasteiger charge is -2.37. The van der Waals surface area contributed by atoms with Crippen LogP contribution in [0.25, 0.3) is 0 Å². The lowest BCUT2D eigenvalue weighted by atomic mass is 9.84. The molecule has 138 valence electrons. The summed E-state index contributed by atoms with van der Waals surface area (Å²) in [6.07, 6.45) is 4.70. The number of benzene rings is 1. The molecule has 1 aromatic carbocycles. The van der Waals surface area contributed by atoms with Gasteiger partial charge in [0.15, 0.2) is 5.78 Å². The zero-order valence-corrected chi connectivity index (χ0v) is 15.1. The Morgan fingerprint density at radius 1 is 1.22 bits per heavy atom. The summed E-state index contributed by atoms with van der Waals surface area (Å²) in [6, 6.07) is 13.3.